The number of aromatic nitrogens is 1. The number of nitrogens with zero attached hydrogens (tertiary/aromatic N) is 1. The number of nitrogens with one attached hydrogen (secondary N) is 1. The predicted octanol–water partition coefficient (Wildman–Crippen LogP) is 1.59. The molecule has 5 nitrogen and oxygen atoms in total. The number of thioether (sulfide) groups is 1. The van der Waals surface area contributed by atoms with E-state index in [4.69, 9.17) is 5.11 Å². The lowest BCUT2D eigenvalue weighted by atomic mass is 10.1. The van der Waals surface area contributed by atoms with Crippen LogP contribution < -0.4 is 5.32 Å². The molecule has 1 rings (SSSR count). The number of rotatable bonds is 8. The van der Waals surface area contributed by atoms with Gasteiger partial charge in [0.1, 0.15) is 6.04 Å². The summed E-state index contributed by atoms with van der Waals surface area (Å²) in [5.41, 5.74) is 0.485. The number of halogens is 1. The van der Waals surface area contributed by atoms with Gasteiger partial charge in [0.25, 0.3) is 0 Å². The Labute approximate surface area is 135 Å². The van der Waals surface area contributed by atoms with Crippen molar-refractivity contribution < 1.29 is 14.7 Å². The van der Waals surface area contributed by atoms with E-state index >= 15 is 0 Å². The van der Waals surface area contributed by atoms with E-state index in [0.717, 1.165) is 5.75 Å². The predicted molar refractivity (Wildman–Crippen MR) is 88.6 cm³/mol. The minimum Gasteiger partial charge on any atom is -0.480 e. The smallest absolute Gasteiger partial charge is 0.320 e. The zero-order valence-corrected chi connectivity index (χ0v) is 13.7. The van der Waals surface area contributed by atoms with Crippen LogP contribution in [-0.2, 0) is 4.79 Å². The standard InChI is InChI=1S/C12H16N2O3S.ClH.H2S/c1-18-6-4-10(12(16)17)14-8-11(15)9-3-2-5-13-7-9;;/h2-3,5,7,10,14H,4,6,8H2,1H3,(H,16,17);1H;1H2/t10-;;/m0../s1. The lowest BCUT2D eigenvalue weighted by Crippen LogP contribution is -2.40. The fourth-order valence-electron chi connectivity index (χ4n) is 1.39. The molecule has 1 heterocycles. The Kier molecular flexibility index (Phi) is 12.9. The summed E-state index contributed by atoms with van der Waals surface area (Å²) in [7, 11) is 0. The van der Waals surface area contributed by atoms with Crippen LogP contribution in [0.25, 0.3) is 0 Å². The molecule has 1 atom stereocenters. The molecule has 0 aliphatic rings. The van der Waals surface area contributed by atoms with E-state index in [2.05, 4.69) is 10.3 Å². The van der Waals surface area contributed by atoms with Crippen LogP contribution in [0.2, 0.25) is 0 Å². The summed E-state index contributed by atoms with van der Waals surface area (Å²) in [6.07, 6.45) is 5.47. The molecule has 1 aromatic heterocycles. The van der Waals surface area contributed by atoms with Crippen molar-refractivity contribution in [3.05, 3.63) is 30.1 Å². The van der Waals surface area contributed by atoms with Gasteiger partial charge >= 0.3 is 5.97 Å². The van der Waals surface area contributed by atoms with Crippen molar-refractivity contribution in [1.29, 1.82) is 0 Å². The average molecular weight is 339 g/mol. The summed E-state index contributed by atoms with van der Waals surface area (Å²) >= 11 is 1.58. The van der Waals surface area contributed by atoms with E-state index in [-0.39, 0.29) is 38.2 Å². The van der Waals surface area contributed by atoms with Gasteiger partial charge in [-0.2, -0.15) is 25.3 Å². The minimum atomic E-state index is -0.928. The summed E-state index contributed by atoms with van der Waals surface area (Å²) in [6.45, 7) is 0.0110. The maximum Gasteiger partial charge on any atom is 0.320 e. The first-order valence-electron chi connectivity index (χ1n) is 5.53. The van der Waals surface area contributed by atoms with Crippen molar-refractivity contribution in [3.63, 3.8) is 0 Å². The van der Waals surface area contributed by atoms with Gasteiger partial charge in [0.05, 0.1) is 6.54 Å². The molecule has 0 fully saturated rings. The third-order valence-electron chi connectivity index (χ3n) is 2.40. The number of carbonyl (C=O) groups excluding carboxylic acids is 1. The van der Waals surface area contributed by atoms with Crippen molar-refractivity contribution >= 4 is 49.4 Å². The van der Waals surface area contributed by atoms with Crippen molar-refractivity contribution in [2.75, 3.05) is 18.6 Å². The molecule has 0 saturated carbocycles. The summed E-state index contributed by atoms with van der Waals surface area (Å²) in [5.74, 6) is -0.341. The number of Topliss-reactive ketones (excluding diaryl/α,β-unsaturated/α-hetero) is 1. The van der Waals surface area contributed by atoms with Crippen LogP contribution in [0.15, 0.2) is 24.5 Å². The maximum atomic E-state index is 11.7. The highest BCUT2D eigenvalue weighted by Crippen LogP contribution is 2.02. The number of carbonyl (C=O) groups is 2. The van der Waals surface area contributed by atoms with Gasteiger partial charge in [0.15, 0.2) is 5.78 Å². The molecular formula is C12H19ClN2O3S2. The average Bonchev–Trinajstić information content (AvgIpc) is 2.39. The van der Waals surface area contributed by atoms with Crippen molar-refractivity contribution in [2.24, 2.45) is 0 Å². The first kappa shape index (κ1) is 21.5. The Morgan fingerprint density at radius 1 is 1.50 bits per heavy atom. The fraction of sp³-hybridized carbons (Fsp3) is 0.417. The summed E-state index contributed by atoms with van der Waals surface area (Å²) < 4.78 is 0. The molecule has 20 heavy (non-hydrogen) atoms. The van der Waals surface area contributed by atoms with E-state index in [1.165, 1.54) is 6.20 Å². The second-order valence-electron chi connectivity index (χ2n) is 3.72. The molecule has 0 bridgehead atoms. The lowest BCUT2D eigenvalue weighted by molar-refractivity contribution is -0.139. The summed E-state index contributed by atoms with van der Waals surface area (Å²) in [4.78, 5) is 26.6. The van der Waals surface area contributed by atoms with Gasteiger partial charge in [-0.3, -0.25) is 19.9 Å². The maximum absolute atomic E-state index is 11.7. The normalized spacial score (nSPS) is 10.8. The molecular weight excluding hydrogens is 320 g/mol. The molecule has 0 saturated heterocycles. The van der Waals surface area contributed by atoms with E-state index in [0.29, 0.717) is 12.0 Å². The Hall–Kier alpha value is -0.760. The number of carboxylic acid groups (broad SMARTS) is 1. The second kappa shape index (κ2) is 12.0. The monoisotopic (exact) mass is 338 g/mol. The largest absolute Gasteiger partial charge is 0.480 e. The van der Waals surface area contributed by atoms with Crippen LogP contribution >= 0.6 is 37.7 Å². The van der Waals surface area contributed by atoms with Gasteiger partial charge in [0.2, 0.25) is 0 Å². The number of ketones is 1. The van der Waals surface area contributed by atoms with Crippen LogP contribution in [0.5, 0.6) is 0 Å². The third-order valence-corrected chi connectivity index (χ3v) is 3.05. The quantitative estimate of drug-likeness (QED) is 0.701. The zero-order chi connectivity index (χ0) is 13.4. The van der Waals surface area contributed by atoms with Gasteiger partial charge in [-0.05, 0) is 30.6 Å². The highest BCUT2D eigenvalue weighted by atomic mass is 35.5. The molecule has 2 N–H and O–H groups in total. The highest BCUT2D eigenvalue weighted by Gasteiger charge is 2.17. The zero-order valence-electron chi connectivity index (χ0n) is 11.0. The van der Waals surface area contributed by atoms with Gasteiger partial charge in [-0.25, -0.2) is 0 Å². The molecule has 0 aliphatic heterocycles. The Bertz CT molecular complexity index is 407. The Balaban J connectivity index is 0. The van der Waals surface area contributed by atoms with E-state index < -0.39 is 12.0 Å². The number of hydrogen-bond donors (Lipinski definition) is 2. The highest BCUT2D eigenvalue weighted by molar-refractivity contribution is 7.98. The fourth-order valence-corrected chi connectivity index (χ4v) is 1.87. The first-order valence-corrected chi connectivity index (χ1v) is 6.93. The van der Waals surface area contributed by atoms with Gasteiger partial charge in [-0.1, -0.05) is 0 Å². The third kappa shape index (κ3) is 7.74. The molecule has 114 valence electrons. The van der Waals surface area contributed by atoms with E-state index in [9.17, 15) is 9.59 Å². The molecule has 0 radical (unpaired) electrons. The molecule has 0 unspecified atom stereocenters. The molecule has 0 aromatic carbocycles. The number of hydrogen-bond acceptors (Lipinski definition) is 5. The number of aliphatic carboxylic acids is 1. The van der Waals surface area contributed by atoms with Crippen LogP contribution in [0.1, 0.15) is 16.8 Å². The molecule has 0 spiro atoms. The topological polar surface area (TPSA) is 79.3 Å². The van der Waals surface area contributed by atoms with Crippen LogP contribution in [0.4, 0.5) is 0 Å². The molecule has 1 aromatic rings. The Morgan fingerprint density at radius 3 is 2.70 bits per heavy atom. The van der Waals surface area contributed by atoms with Crippen molar-refractivity contribution in [3.8, 4) is 0 Å². The summed E-state index contributed by atoms with van der Waals surface area (Å²) in [6, 6.07) is 2.66. The lowest BCUT2D eigenvalue weighted by Gasteiger charge is -2.13. The first-order chi connectivity index (χ1) is 8.65. The minimum absolute atomic E-state index is 0. The molecule has 8 heteroatoms. The Morgan fingerprint density at radius 2 is 2.20 bits per heavy atom. The van der Waals surface area contributed by atoms with Gasteiger partial charge in [-0.15, -0.1) is 12.4 Å². The van der Waals surface area contributed by atoms with Crippen LogP contribution in [-0.4, -0.2) is 46.4 Å². The van der Waals surface area contributed by atoms with Crippen molar-refractivity contribution in [2.45, 2.75) is 12.5 Å². The molecule has 0 aliphatic carbocycles. The SMILES string of the molecule is CSCC[C@H](NCC(=O)c1cccnc1)C(=O)O.Cl.S. The molecule has 0 amide bonds. The van der Waals surface area contributed by atoms with Gasteiger partial charge in [0, 0.05) is 18.0 Å². The van der Waals surface area contributed by atoms with E-state index in [1.807, 2.05) is 6.26 Å². The van der Waals surface area contributed by atoms with Crippen molar-refractivity contribution in [1.82, 2.24) is 10.3 Å². The van der Waals surface area contributed by atoms with Crippen LogP contribution in [0.3, 0.4) is 0 Å². The number of carboxylic acids is 1. The van der Waals surface area contributed by atoms with E-state index in [1.54, 1.807) is 30.1 Å². The van der Waals surface area contributed by atoms with Crippen LogP contribution in [0, 0.1) is 0 Å². The summed E-state index contributed by atoms with van der Waals surface area (Å²) in [5, 5.41) is 11.7. The number of pyridine rings is 1. The second-order valence-corrected chi connectivity index (χ2v) is 4.70. The van der Waals surface area contributed by atoms with Gasteiger partial charge < -0.3 is 5.11 Å².